The van der Waals surface area contributed by atoms with Gasteiger partial charge in [-0.3, -0.25) is 9.69 Å². The summed E-state index contributed by atoms with van der Waals surface area (Å²) in [6.45, 7) is 0.419. The van der Waals surface area contributed by atoms with Crippen LogP contribution >= 0.6 is 11.6 Å². The fourth-order valence-electron chi connectivity index (χ4n) is 4.51. The first-order valence-electron chi connectivity index (χ1n) is 11.9. The van der Waals surface area contributed by atoms with E-state index in [1.807, 2.05) is 0 Å². The van der Waals surface area contributed by atoms with Crippen LogP contribution in [0.5, 0.6) is 5.75 Å². The molecule has 1 amide bonds. The Morgan fingerprint density at radius 3 is 2.23 bits per heavy atom. The van der Waals surface area contributed by atoms with E-state index in [0.717, 1.165) is 24.3 Å². The fourth-order valence-corrected chi connectivity index (χ4v) is 6.65. The molecule has 1 N–H and O–H groups in total. The molecule has 0 spiro atoms. The van der Waals surface area contributed by atoms with E-state index >= 15 is 0 Å². The summed E-state index contributed by atoms with van der Waals surface area (Å²) in [6, 6.07) is 6.28. The van der Waals surface area contributed by atoms with Gasteiger partial charge in [0.15, 0.2) is 5.75 Å². The SMILES string of the molecule is O=C(CN1CCC(N(C2CC2)S(=O)(=O)c2cccc(C(F)(F)F)c2)CC1)Nc1ccc(Cl)cc1OC(F)(F)F. The van der Waals surface area contributed by atoms with Crippen molar-refractivity contribution in [1.82, 2.24) is 9.21 Å². The summed E-state index contributed by atoms with van der Waals surface area (Å²) in [6.07, 6.45) is -7.83. The van der Waals surface area contributed by atoms with E-state index in [1.54, 1.807) is 4.90 Å². The van der Waals surface area contributed by atoms with Crippen LogP contribution < -0.4 is 10.1 Å². The van der Waals surface area contributed by atoms with Crippen molar-refractivity contribution in [2.24, 2.45) is 0 Å². The molecular formula is C24H24ClF6N3O4S. The summed E-state index contributed by atoms with van der Waals surface area (Å²) in [5.74, 6) is -1.28. The quantitative estimate of drug-likeness (QED) is 0.405. The molecule has 2 aromatic rings. The zero-order chi connectivity index (χ0) is 28.6. The zero-order valence-electron chi connectivity index (χ0n) is 20.2. The number of nitrogens with one attached hydrogen (secondary N) is 1. The number of benzene rings is 2. The van der Waals surface area contributed by atoms with Crippen molar-refractivity contribution in [3.05, 3.63) is 53.1 Å². The molecule has 1 saturated carbocycles. The minimum absolute atomic E-state index is 0.0189. The highest BCUT2D eigenvalue weighted by atomic mass is 35.5. The van der Waals surface area contributed by atoms with Gasteiger partial charge >= 0.3 is 12.5 Å². The van der Waals surface area contributed by atoms with Gasteiger partial charge < -0.3 is 10.1 Å². The topological polar surface area (TPSA) is 79.0 Å². The van der Waals surface area contributed by atoms with Crippen LogP contribution in [0, 0.1) is 0 Å². The highest BCUT2D eigenvalue weighted by Crippen LogP contribution is 2.38. The molecule has 1 aliphatic heterocycles. The first-order valence-corrected chi connectivity index (χ1v) is 13.7. The number of ether oxygens (including phenoxy) is 1. The van der Waals surface area contributed by atoms with E-state index in [2.05, 4.69) is 10.1 Å². The van der Waals surface area contributed by atoms with Crippen molar-refractivity contribution in [3.63, 3.8) is 0 Å². The Morgan fingerprint density at radius 2 is 1.64 bits per heavy atom. The summed E-state index contributed by atoms with van der Waals surface area (Å²) in [5, 5.41) is 2.35. The van der Waals surface area contributed by atoms with Crippen LogP contribution in [0.15, 0.2) is 47.4 Å². The number of piperidine rings is 1. The lowest BCUT2D eigenvalue weighted by atomic mass is 10.0. The van der Waals surface area contributed by atoms with E-state index in [4.69, 9.17) is 11.6 Å². The minimum atomic E-state index is -4.99. The van der Waals surface area contributed by atoms with E-state index in [1.165, 1.54) is 16.4 Å². The highest BCUT2D eigenvalue weighted by molar-refractivity contribution is 7.89. The van der Waals surface area contributed by atoms with Crippen LogP contribution in [0.1, 0.15) is 31.2 Å². The fraction of sp³-hybridized carbons (Fsp3) is 0.458. The predicted octanol–water partition coefficient (Wildman–Crippen LogP) is 5.51. The molecular weight excluding hydrogens is 576 g/mol. The second-order valence-corrected chi connectivity index (χ2v) is 11.6. The third-order valence-electron chi connectivity index (χ3n) is 6.37. The molecule has 0 radical (unpaired) electrons. The number of hydrogen-bond donors (Lipinski definition) is 1. The zero-order valence-corrected chi connectivity index (χ0v) is 21.8. The average Bonchev–Trinajstić information content (AvgIpc) is 3.65. The molecule has 1 aliphatic carbocycles. The Hall–Kier alpha value is -2.55. The van der Waals surface area contributed by atoms with Crippen molar-refractivity contribution in [1.29, 1.82) is 0 Å². The van der Waals surface area contributed by atoms with E-state index in [0.29, 0.717) is 44.8 Å². The van der Waals surface area contributed by atoms with E-state index in [9.17, 15) is 39.6 Å². The lowest BCUT2D eigenvalue weighted by Crippen LogP contribution is -2.49. The number of alkyl halides is 6. The molecule has 1 heterocycles. The Labute approximate surface area is 225 Å². The standard InChI is InChI=1S/C24H24ClF6N3O4S/c25-16-4-7-20(21(13-16)38-24(29,30)31)32-22(35)14-33-10-8-18(9-11-33)34(17-5-6-17)39(36,37)19-3-1-2-15(12-19)23(26,27)28/h1-4,7,12-13,17-18H,5-6,8-11,14H2,(H,32,35). The number of anilines is 1. The number of likely N-dealkylation sites (tertiary alicyclic amines) is 1. The van der Waals surface area contributed by atoms with Gasteiger partial charge in [0.2, 0.25) is 15.9 Å². The second kappa shape index (κ2) is 11.1. The molecule has 214 valence electrons. The molecule has 1 saturated heterocycles. The van der Waals surface area contributed by atoms with Gasteiger partial charge in [-0.2, -0.15) is 17.5 Å². The summed E-state index contributed by atoms with van der Waals surface area (Å²) in [4.78, 5) is 13.8. The van der Waals surface area contributed by atoms with Crippen LogP contribution in [0.25, 0.3) is 0 Å². The number of hydrogen-bond acceptors (Lipinski definition) is 5. The van der Waals surface area contributed by atoms with Gasteiger partial charge in [-0.25, -0.2) is 8.42 Å². The number of rotatable bonds is 8. The Balaban J connectivity index is 1.40. The van der Waals surface area contributed by atoms with Crippen LogP contribution in [-0.2, 0) is 21.0 Å². The predicted molar refractivity (Wildman–Crippen MR) is 130 cm³/mol. The number of carbonyl (C=O) groups is 1. The lowest BCUT2D eigenvalue weighted by Gasteiger charge is -2.37. The summed E-state index contributed by atoms with van der Waals surface area (Å²) in [7, 11) is -4.21. The summed E-state index contributed by atoms with van der Waals surface area (Å²) in [5.41, 5.74) is -1.27. The number of amides is 1. The third-order valence-corrected chi connectivity index (χ3v) is 8.61. The van der Waals surface area contributed by atoms with Crippen molar-refractivity contribution < 1.29 is 44.3 Å². The Kier molecular flexibility index (Phi) is 8.41. The van der Waals surface area contributed by atoms with Crippen molar-refractivity contribution >= 4 is 33.2 Å². The second-order valence-electron chi connectivity index (χ2n) is 9.34. The Morgan fingerprint density at radius 1 is 1.00 bits per heavy atom. The van der Waals surface area contributed by atoms with Crippen LogP contribution in [-0.4, -0.2) is 61.6 Å². The summed E-state index contributed by atoms with van der Waals surface area (Å²) >= 11 is 5.74. The van der Waals surface area contributed by atoms with Gasteiger partial charge in [0.25, 0.3) is 0 Å². The van der Waals surface area contributed by atoms with Crippen LogP contribution in [0.2, 0.25) is 5.02 Å². The van der Waals surface area contributed by atoms with Gasteiger partial charge in [0.05, 0.1) is 22.7 Å². The lowest BCUT2D eigenvalue weighted by molar-refractivity contribution is -0.274. The molecule has 2 fully saturated rings. The van der Waals surface area contributed by atoms with Crippen molar-refractivity contribution in [3.8, 4) is 5.75 Å². The average molecular weight is 600 g/mol. The monoisotopic (exact) mass is 599 g/mol. The highest BCUT2D eigenvalue weighted by Gasteiger charge is 2.44. The smallest absolute Gasteiger partial charge is 0.404 e. The van der Waals surface area contributed by atoms with Gasteiger partial charge in [-0.05, 0) is 56.0 Å². The van der Waals surface area contributed by atoms with Gasteiger partial charge in [-0.15, -0.1) is 13.2 Å². The number of sulfonamides is 1. The van der Waals surface area contributed by atoms with Crippen molar-refractivity contribution in [2.75, 3.05) is 25.0 Å². The molecule has 0 aromatic heterocycles. The molecule has 0 atom stereocenters. The number of halogens is 7. The van der Waals surface area contributed by atoms with Crippen LogP contribution in [0.4, 0.5) is 32.0 Å². The van der Waals surface area contributed by atoms with Gasteiger partial charge in [0, 0.05) is 36.3 Å². The molecule has 7 nitrogen and oxygen atoms in total. The van der Waals surface area contributed by atoms with Gasteiger partial charge in [0.1, 0.15) is 0 Å². The molecule has 0 unspecified atom stereocenters. The maximum atomic E-state index is 13.4. The van der Waals surface area contributed by atoms with Crippen molar-refractivity contribution in [2.45, 2.75) is 55.2 Å². The number of nitrogens with zero attached hydrogens (tertiary/aromatic N) is 2. The van der Waals surface area contributed by atoms with Crippen LogP contribution in [0.3, 0.4) is 0 Å². The number of carbonyl (C=O) groups excluding carboxylic acids is 1. The molecule has 0 bridgehead atoms. The molecule has 39 heavy (non-hydrogen) atoms. The van der Waals surface area contributed by atoms with E-state index in [-0.39, 0.29) is 23.3 Å². The third kappa shape index (κ3) is 7.56. The van der Waals surface area contributed by atoms with E-state index < -0.39 is 50.7 Å². The molecule has 2 aliphatic rings. The molecule has 2 aromatic carbocycles. The maximum Gasteiger partial charge on any atom is 0.573 e. The largest absolute Gasteiger partial charge is 0.573 e. The summed E-state index contributed by atoms with van der Waals surface area (Å²) < 4.78 is 110. The maximum absolute atomic E-state index is 13.4. The molecule has 15 heteroatoms. The first-order chi connectivity index (χ1) is 18.1. The van der Waals surface area contributed by atoms with Gasteiger partial charge in [-0.1, -0.05) is 17.7 Å². The Bertz CT molecular complexity index is 1310. The normalized spacial score (nSPS) is 17.8. The minimum Gasteiger partial charge on any atom is -0.404 e. The molecule has 4 rings (SSSR count). The first kappa shape index (κ1) is 29.4.